The molecular weight excluding hydrogens is 414 g/mol. The summed E-state index contributed by atoms with van der Waals surface area (Å²) >= 11 is 0. The van der Waals surface area contributed by atoms with Crippen LogP contribution in [0.5, 0.6) is 0 Å². The second kappa shape index (κ2) is 9.02. The molecule has 0 unspecified atom stereocenters. The zero-order valence-corrected chi connectivity index (χ0v) is 18.4. The minimum Gasteiger partial charge on any atom is -0.338 e. The molecule has 2 aromatic heterocycles. The van der Waals surface area contributed by atoms with Crippen molar-refractivity contribution >= 4 is 11.9 Å². The molecule has 0 spiro atoms. The van der Waals surface area contributed by atoms with E-state index in [1.54, 1.807) is 28.6 Å². The predicted octanol–water partition coefficient (Wildman–Crippen LogP) is 3.40. The zero-order chi connectivity index (χ0) is 22.8. The van der Waals surface area contributed by atoms with Crippen LogP contribution in [0.1, 0.15) is 31.0 Å². The molecule has 32 heavy (non-hydrogen) atoms. The summed E-state index contributed by atoms with van der Waals surface area (Å²) in [5.41, 5.74) is 3.06. The number of rotatable bonds is 5. The molecule has 4 rings (SSSR count). The van der Waals surface area contributed by atoms with Crippen molar-refractivity contribution in [3.8, 4) is 11.3 Å². The van der Waals surface area contributed by atoms with Crippen molar-refractivity contribution in [1.29, 1.82) is 0 Å². The van der Waals surface area contributed by atoms with E-state index in [0.717, 1.165) is 29.3 Å². The average Bonchev–Trinajstić information content (AvgIpc) is 3.20. The molecule has 7 nitrogen and oxygen atoms in total. The van der Waals surface area contributed by atoms with Gasteiger partial charge in [-0.2, -0.15) is 5.10 Å². The van der Waals surface area contributed by atoms with Gasteiger partial charge in [0.15, 0.2) is 5.82 Å². The van der Waals surface area contributed by atoms with Crippen molar-refractivity contribution < 1.29 is 13.6 Å². The number of piperazine rings is 1. The Hall–Kier alpha value is -3.36. The number of carbonyl (C=O) groups excluding carboxylic acids is 1. The normalized spacial score (nSPS) is 14.3. The highest BCUT2D eigenvalue weighted by molar-refractivity contribution is 5.76. The Morgan fingerprint density at radius 3 is 2.38 bits per heavy atom. The molecule has 1 aromatic carbocycles. The van der Waals surface area contributed by atoms with Crippen molar-refractivity contribution in [1.82, 2.24) is 24.6 Å². The number of halogens is 2. The van der Waals surface area contributed by atoms with Gasteiger partial charge in [0, 0.05) is 37.4 Å². The predicted molar refractivity (Wildman–Crippen MR) is 117 cm³/mol. The van der Waals surface area contributed by atoms with Gasteiger partial charge in [-0.15, -0.1) is 0 Å². The van der Waals surface area contributed by atoms with E-state index in [-0.39, 0.29) is 24.2 Å². The third-order valence-electron chi connectivity index (χ3n) is 5.66. The fourth-order valence-electron chi connectivity index (χ4n) is 3.82. The number of aromatic nitrogens is 4. The van der Waals surface area contributed by atoms with Gasteiger partial charge in [0.25, 0.3) is 0 Å². The molecule has 0 radical (unpaired) electrons. The monoisotopic (exact) mass is 440 g/mol. The first-order valence-corrected chi connectivity index (χ1v) is 10.7. The Bertz CT molecular complexity index is 1100. The molecule has 0 saturated carbocycles. The van der Waals surface area contributed by atoms with Gasteiger partial charge in [-0.1, -0.05) is 13.8 Å². The van der Waals surface area contributed by atoms with Gasteiger partial charge in [0.05, 0.1) is 18.1 Å². The number of hydrogen-bond donors (Lipinski definition) is 0. The summed E-state index contributed by atoms with van der Waals surface area (Å²) in [5, 5.41) is 4.66. The summed E-state index contributed by atoms with van der Waals surface area (Å²) in [4.78, 5) is 24.8. The van der Waals surface area contributed by atoms with E-state index >= 15 is 0 Å². The van der Waals surface area contributed by atoms with Crippen LogP contribution >= 0.6 is 0 Å². The molecule has 3 heterocycles. The van der Waals surface area contributed by atoms with E-state index in [1.165, 1.54) is 6.07 Å². The van der Waals surface area contributed by atoms with Gasteiger partial charge in [-0.3, -0.25) is 9.48 Å². The molecule has 0 bridgehead atoms. The molecule has 0 N–H and O–H groups in total. The summed E-state index contributed by atoms with van der Waals surface area (Å²) in [6, 6.07) is 6.88. The minimum absolute atomic E-state index is 0.0171. The van der Waals surface area contributed by atoms with Gasteiger partial charge >= 0.3 is 0 Å². The molecule has 1 amide bonds. The summed E-state index contributed by atoms with van der Waals surface area (Å²) in [6.07, 6.45) is 2.29. The van der Waals surface area contributed by atoms with E-state index in [9.17, 15) is 13.6 Å². The van der Waals surface area contributed by atoms with Crippen molar-refractivity contribution in [2.75, 3.05) is 31.1 Å². The molecule has 1 aliphatic heterocycles. The smallest absolute Gasteiger partial charge is 0.244 e. The van der Waals surface area contributed by atoms with Crippen LogP contribution in [0.2, 0.25) is 0 Å². The van der Waals surface area contributed by atoms with Crippen molar-refractivity contribution in [3.63, 3.8) is 0 Å². The highest BCUT2D eigenvalue weighted by Crippen LogP contribution is 2.25. The van der Waals surface area contributed by atoms with E-state index < -0.39 is 5.82 Å². The first kappa shape index (κ1) is 21.9. The maximum absolute atomic E-state index is 13.7. The van der Waals surface area contributed by atoms with Crippen molar-refractivity contribution in [3.05, 3.63) is 59.6 Å². The molecule has 1 fully saturated rings. The van der Waals surface area contributed by atoms with Crippen LogP contribution in [0, 0.1) is 18.6 Å². The molecule has 3 aromatic rings. The lowest BCUT2D eigenvalue weighted by molar-refractivity contribution is -0.132. The number of hydrogen-bond acceptors (Lipinski definition) is 5. The molecule has 9 heteroatoms. The van der Waals surface area contributed by atoms with Crippen LogP contribution in [-0.4, -0.2) is 56.7 Å². The maximum Gasteiger partial charge on any atom is 0.244 e. The number of aryl methyl sites for hydroxylation is 1. The molecule has 1 aliphatic rings. The number of amides is 1. The first-order valence-electron chi connectivity index (χ1n) is 10.7. The summed E-state index contributed by atoms with van der Waals surface area (Å²) < 4.78 is 28.4. The van der Waals surface area contributed by atoms with E-state index in [4.69, 9.17) is 0 Å². The highest BCUT2D eigenvalue weighted by atomic mass is 19.1. The Labute approximate surface area is 185 Å². The largest absolute Gasteiger partial charge is 0.338 e. The number of anilines is 1. The summed E-state index contributed by atoms with van der Waals surface area (Å²) in [5.74, 6) is -0.1000. The van der Waals surface area contributed by atoms with Gasteiger partial charge in [0.2, 0.25) is 11.9 Å². The van der Waals surface area contributed by atoms with Crippen molar-refractivity contribution in [2.45, 2.75) is 33.2 Å². The second-order valence-electron chi connectivity index (χ2n) is 8.30. The fourth-order valence-corrected chi connectivity index (χ4v) is 3.82. The lowest BCUT2D eigenvalue weighted by Gasteiger charge is -2.34. The quantitative estimate of drug-likeness (QED) is 0.608. The Morgan fingerprint density at radius 1 is 1.06 bits per heavy atom. The Morgan fingerprint density at radius 2 is 1.75 bits per heavy atom. The van der Waals surface area contributed by atoms with E-state index in [0.29, 0.717) is 37.7 Å². The van der Waals surface area contributed by atoms with Crippen LogP contribution < -0.4 is 4.90 Å². The topological polar surface area (TPSA) is 67.2 Å². The number of carbonyl (C=O) groups is 1. The summed E-state index contributed by atoms with van der Waals surface area (Å²) in [6.45, 7) is 8.18. The minimum atomic E-state index is -0.474. The van der Waals surface area contributed by atoms with E-state index in [2.05, 4.69) is 28.9 Å². The zero-order valence-electron chi connectivity index (χ0n) is 18.4. The molecule has 0 atom stereocenters. The molecule has 0 aliphatic carbocycles. The fraction of sp³-hybridized carbons (Fsp3) is 0.391. The maximum atomic E-state index is 13.7. The van der Waals surface area contributed by atoms with Crippen LogP contribution in [0.25, 0.3) is 11.3 Å². The van der Waals surface area contributed by atoms with Gasteiger partial charge in [-0.25, -0.2) is 18.7 Å². The number of nitrogens with zero attached hydrogens (tertiary/aromatic N) is 6. The summed E-state index contributed by atoms with van der Waals surface area (Å²) in [7, 11) is 0. The van der Waals surface area contributed by atoms with Gasteiger partial charge < -0.3 is 9.80 Å². The van der Waals surface area contributed by atoms with Crippen LogP contribution in [0.15, 0.2) is 36.7 Å². The lowest BCUT2D eigenvalue weighted by atomic mass is 10.1. The third kappa shape index (κ3) is 4.61. The molecular formula is C23H26F2N6O. The van der Waals surface area contributed by atoms with Gasteiger partial charge in [0.1, 0.15) is 12.4 Å². The van der Waals surface area contributed by atoms with Crippen LogP contribution in [-0.2, 0) is 11.3 Å². The average molecular weight is 440 g/mol. The highest BCUT2D eigenvalue weighted by Gasteiger charge is 2.24. The molecule has 168 valence electrons. The van der Waals surface area contributed by atoms with Crippen molar-refractivity contribution in [2.24, 2.45) is 0 Å². The molecule has 1 saturated heterocycles. The third-order valence-corrected chi connectivity index (χ3v) is 5.66. The first-order chi connectivity index (χ1) is 15.3. The SMILES string of the molecule is Cc1cc(-c2cc(C(C)C)n(CC(=O)N3CCN(c4ncc(F)cn4)CC3)n2)ccc1F. The standard InChI is InChI=1S/C23H26F2N6O/c1-15(2)21-11-20(17-4-5-19(25)16(3)10-17)28-31(21)14-22(32)29-6-8-30(9-7-29)23-26-12-18(24)13-27-23/h4-5,10-13,15H,6-9,14H2,1-3H3. The Balaban J connectivity index is 1.45. The van der Waals surface area contributed by atoms with E-state index in [1.807, 2.05) is 11.0 Å². The van der Waals surface area contributed by atoms with Crippen LogP contribution in [0.3, 0.4) is 0 Å². The number of benzene rings is 1. The lowest BCUT2D eigenvalue weighted by Crippen LogP contribution is -2.50. The second-order valence-corrected chi connectivity index (χ2v) is 8.30. The van der Waals surface area contributed by atoms with Crippen LogP contribution in [0.4, 0.5) is 14.7 Å². The van der Waals surface area contributed by atoms with Gasteiger partial charge in [-0.05, 0) is 42.7 Å². The Kier molecular flexibility index (Phi) is 6.16.